The van der Waals surface area contributed by atoms with Crippen molar-refractivity contribution in [2.24, 2.45) is 11.3 Å². The number of unbranched alkanes of at least 4 members (excludes halogenated alkanes) is 1. The molecule has 0 bridgehead atoms. The summed E-state index contributed by atoms with van der Waals surface area (Å²) in [6.07, 6.45) is 6.51. The first-order chi connectivity index (χ1) is 13.8. The van der Waals surface area contributed by atoms with Crippen molar-refractivity contribution in [2.75, 3.05) is 44.7 Å². The summed E-state index contributed by atoms with van der Waals surface area (Å²) in [5.41, 5.74) is 5.07. The lowest BCUT2D eigenvalue weighted by molar-refractivity contribution is 0.109. The maximum atomic E-state index is 5.48. The Labute approximate surface area is 179 Å². The van der Waals surface area contributed by atoms with Crippen LogP contribution in [0.1, 0.15) is 77.8 Å². The summed E-state index contributed by atoms with van der Waals surface area (Å²) in [5.74, 6) is 0.689. The van der Waals surface area contributed by atoms with Gasteiger partial charge in [0.25, 0.3) is 0 Å². The maximum absolute atomic E-state index is 5.48. The smallest absolute Gasteiger partial charge is 0.0713 e. The van der Waals surface area contributed by atoms with Crippen molar-refractivity contribution in [2.45, 2.75) is 78.7 Å². The molecule has 0 amide bonds. The van der Waals surface area contributed by atoms with Crippen molar-refractivity contribution < 1.29 is 4.74 Å². The molecule has 1 aliphatic heterocycles. The van der Waals surface area contributed by atoms with E-state index in [9.17, 15) is 0 Å². The van der Waals surface area contributed by atoms with E-state index in [0.29, 0.717) is 17.9 Å². The van der Waals surface area contributed by atoms with Crippen molar-refractivity contribution in [3.63, 3.8) is 0 Å². The minimum absolute atomic E-state index is 0.244. The molecule has 1 saturated carbocycles. The van der Waals surface area contributed by atoms with Crippen molar-refractivity contribution in [1.29, 1.82) is 0 Å². The second-order valence-electron chi connectivity index (χ2n) is 10.7. The van der Waals surface area contributed by atoms with Crippen molar-refractivity contribution >= 4 is 5.69 Å². The maximum Gasteiger partial charge on any atom is 0.0713 e. The van der Waals surface area contributed by atoms with Gasteiger partial charge in [-0.1, -0.05) is 53.2 Å². The van der Waals surface area contributed by atoms with E-state index >= 15 is 0 Å². The molecule has 1 aromatic carbocycles. The van der Waals surface area contributed by atoms with Gasteiger partial charge >= 0.3 is 0 Å². The fourth-order valence-corrected chi connectivity index (χ4v) is 5.57. The van der Waals surface area contributed by atoms with Crippen LogP contribution in [-0.2, 0) is 16.8 Å². The molecule has 1 aliphatic carbocycles. The average Bonchev–Trinajstić information content (AvgIpc) is 2.70. The Kier molecular flexibility index (Phi) is 7.32. The predicted octanol–water partition coefficient (Wildman–Crippen LogP) is 5.86. The predicted molar refractivity (Wildman–Crippen MR) is 125 cm³/mol. The number of nitrogens with zero attached hydrogens (tertiary/aromatic N) is 2. The van der Waals surface area contributed by atoms with E-state index in [4.69, 9.17) is 4.74 Å². The number of piperazine rings is 1. The van der Waals surface area contributed by atoms with Gasteiger partial charge in [0.05, 0.1) is 6.61 Å². The van der Waals surface area contributed by atoms with Crippen molar-refractivity contribution in [1.82, 2.24) is 4.90 Å². The SMILES string of the molecule is CCCCN1CCN(c2ccc(COC)cc2C2(C)CCC(C)(C)CC2C)CC1. The molecule has 0 aromatic heterocycles. The topological polar surface area (TPSA) is 15.7 Å². The lowest BCUT2D eigenvalue weighted by Gasteiger charge is -2.49. The highest BCUT2D eigenvalue weighted by Gasteiger charge is 2.43. The standard InChI is InChI=1S/C26H44N2O/c1-7-8-13-27-14-16-28(17-15-27)24-10-9-22(20-29-6)18-23(24)26(5)12-11-25(3,4)19-21(26)2/h9-10,18,21H,7-8,11-17,19-20H2,1-6H3. The number of benzene rings is 1. The highest BCUT2D eigenvalue weighted by atomic mass is 16.5. The van der Waals surface area contributed by atoms with Gasteiger partial charge in [-0.2, -0.15) is 0 Å². The molecule has 2 aliphatic rings. The zero-order valence-electron chi connectivity index (χ0n) is 19.9. The largest absolute Gasteiger partial charge is 0.380 e. The summed E-state index contributed by atoms with van der Waals surface area (Å²) in [7, 11) is 1.80. The molecule has 2 unspecified atom stereocenters. The average molecular weight is 401 g/mol. The summed E-state index contributed by atoms with van der Waals surface area (Å²) in [6.45, 7) is 18.8. The first kappa shape index (κ1) is 22.6. The van der Waals surface area contributed by atoms with Crippen LogP contribution < -0.4 is 4.90 Å². The number of hydrogen-bond acceptors (Lipinski definition) is 3. The molecule has 3 nitrogen and oxygen atoms in total. The molecular weight excluding hydrogens is 356 g/mol. The number of rotatable bonds is 7. The van der Waals surface area contributed by atoms with Gasteiger partial charge in [-0.05, 0) is 66.2 Å². The van der Waals surface area contributed by atoms with Crippen LogP contribution in [-0.4, -0.2) is 44.7 Å². The second kappa shape index (κ2) is 9.39. The molecule has 3 heteroatoms. The molecule has 1 aromatic rings. The van der Waals surface area contributed by atoms with E-state index in [2.05, 4.69) is 62.6 Å². The molecular formula is C26H44N2O. The van der Waals surface area contributed by atoms with E-state index in [1.165, 1.54) is 63.0 Å². The van der Waals surface area contributed by atoms with Gasteiger partial charge in [-0.3, -0.25) is 4.90 Å². The normalized spacial score (nSPS) is 27.9. The number of hydrogen-bond donors (Lipinski definition) is 0. The van der Waals surface area contributed by atoms with Gasteiger partial charge in [0.1, 0.15) is 0 Å². The fraction of sp³-hybridized carbons (Fsp3) is 0.769. The minimum Gasteiger partial charge on any atom is -0.380 e. The number of methoxy groups -OCH3 is 1. The Balaban J connectivity index is 1.87. The molecule has 164 valence electrons. The molecule has 2 fully saturated rings. The van der Waals surface area contributed by atoms with Crippen molar-refractivity contribution in [3.8, 4) is 0 Å². The van der Waals surface area contributed by atoms with Gasteiger partial charge in [-0.25, -0.2) is 0 Å². The Bertz CT molecular complexity index is 663. The highest BCUT2D eigenvalue weighted by Crippen LogP contribution is 2.52. The molecule has 1 heterocycles. The van der Waals surface area contributed by atoms with E-state index in [-0.39, 0.29) is 5.41 Å². The fourth-order valence-electron chi connectivity index (χ4n) is 5.57. The third-order valence-electron chi connectivity index (χ3n) is 7.80. The molecule has 1 saturated heterocycles. The first-order valence-electron chi connectivity index (χ1n) is 11.9. The second-order valence-corrected chi connectivity index (χ2v) is 10.7. The van der Waals surface area contributed by atoms with E-state index in [1.54, 1.807) is 12.7 Å². The molecule has 0 radical (unpaired) electrons. The Morgan fingerprint density at radius 3 is 2.41 bits per heavy atom. The van der Waals surface area contributed by atoms with Gasteiger partial charge in [0, 0.05) is 39.0 Å². The van der Waals surface area contributed by atoms with Gasteiger partial charge in [0.15, 0.2) is 0 Å². The monoisotopic (exact) mass is 400 g/mol. The number of anilines is 1. The molecule has 29 heavy (non-hydrogen) atoms. The van der Waals surface area contributed by atoms with Gasteiger partial charge < -0.3 is 9.64 Å². The molecule has 3 rings (SSSR count). The first-order valence-corrected chi connectivity index (χ1v) is 11.9. The molecule has 2 atom stereocenters. The van der Waals surface area contributed by atoms with Crippen molar-refractivity contribution in [3.05, 3.63) is 29.3 Å². The van der Waals surface area contributed by atoms with E-state index < -0.39 is 0 Å². The summed E-state index contributed by atoms with van der Waals surface area (Å²) in [6, 6.07) is 7.15. The van der Waals surface area contributed by atoms with Crippen LogP contribution in [0.3, 0.4) is 0 Å². The minimum atomic E-state index is 0.244. The summed E-state index contributed by atoms with van der Waals surface area (Å²) >= 11 is 0. The number of ether oxygens (including phenoxy) is 1. The summed E-state index contributed by atoms with van der Waals surface area (Å²) in [5, 5.41) is 0. The third-order valence-corrected chi connectivity index (χ3v) is 7.80. The zero-order valence-corrected chi connectivity index (χ0v) is 19.9. The van der Waals surface area contributed by atoms with E-state index in [0.717, 1.165) is 13.1 Å². The van der Waals surface area contributed by atoms with Crippen LogP contribution in [0.25, 0.3) is 0 Å². The Morgan fingerprint density at radius 1 is 1.07 bits per heavy atom. The quantitative estimate of drug-likeness (QED) is 0.570. The van der Waals surface area contributed by atoms with Crippen LogP contribution >= 0.6 is 0 Å². The molecule has 0 N–H and O–H groups in total. The summed E-state index contributed by atoms with van der Waals surface area (Å²) in [4.78, 5) is 5.30. The lowest BCUT2D eigenvalue weighted by Crippen LogP contribution is -2.48. The van der Waals surface area contributed by atoms with Crippen LogP contribution in [0.15, 0.2) is 18.2 Å². The van der Waals surface area contributed by atoms with E-state index in [1.807, 2.05) is 0 Å². The highest BCUT2D eigenvalue weighted by molar-refractivity contribution is 5.59. The lowest BCUT2D eigenvalue weighted by atomic mass is 9.57. The third kappa shape index (κ3) is 5.17. The van der Waals surface area contributed by atoms with Gasteiger partial charge in [-0.15, -0.1) is 0 Å². The molecule has 0 spiro atoms. The van der Waals surface area contributed by atoms with Gasteiger partial charge in [0.2, 0.25) is 0 Å². The van der Waals surface area contributed by atoms with Crippen LogP contribution in [0, 0.1) is 11.3 Å². The summed E-state index contributed by atoms with van der Waals surface area (Å²) < 4.78 is 5.48. The Morgan fingerprint density at radius 2 is 1.79 bits per heavy atom. The zero-order chi connectivity index (χ0) is 21.1. The van der Waals surface area contributed by atoms with Crippen LogP contribution in [0.2, 0.25) is 0 Å². The Hall–Kier alpha value is -1.06. The van der Waals surface area contributed by atoms with Crippen LogP contribution in [0.4, 0.5) is 5.69 Å². The van der Waals surface area contributed by atoms with Crippen LogP contribution in [0.5, 0.6) is 0 Å².